The fraction of sp³-hybridized carbons (Fsp3) is 0.333. The highest BCUT2D eigenvalue weighted by Crippen LogP contribution is 2.50. The van der Waals surface area contributed by atoms with Crippen molar-refractivity contribution in [2.75, 3.05) is 6.61 Å². The molecule has 34 heavy (non-hydrogen) atoms. The van der Waals surface area contributed by atoms with Gasteiger partial charge in [0, 0.05) is 24.0 Å². The van der Waals surface area contributed by atoms with E-state index in [0.29, 0.717) is 17.2 Å². The summed E-state index contributed by atoms with van der Waals surface area (Å²) < 4.78 is 95.9. The van der Waals surface area contributed by atoms with E-state index >= 15 is 0 Å². The third-order valence-corrected chi connectivity index (χ3v) is 9.13. The summed E-state index contributed by atoms with van der Waals surface area (Å²) >= 11 is 0. The van der Waals surface area contributed by atoms with Crippen LogP contribution in [-0.4, -0.2) is 42.8 Å². The highest BCUT2D eigenvalue weighted by molar-refractivity contribution is 7.91. The van der Waals surface area contributed by atoms with E-state index in [2.05, 4.69) is 10.1 Å². The van der Waals surface area contributed by atoms with Crippen molar-refractivity contribution in [1.29, 1.82) is 0 Å². The van der Waals surface area contributed by atoms with Crippen molar-refractivity contribution in [3.8, 4) is 0 Å². The zero-order valence-corrected chi connectivity index (χ0v) is 19.8. The van der Waals surface area contributed by atoms with E-state index < -0.39 is 48.3 Å². The summed E-state index contributed by atoms with van der Waals surface area (Å²) in [6.07, 6.45) is 2.05. The molecular weight excluding hydrogens is 492 g/mol. The minimum atomic E-state index is -4.54. The molecule has 0 unspecified atom stereocenters. The lowest BCUT2D eigenvalue weighted by atomic mass is 9.87. The molecule has 2 heterocycles. The maximum Gasteiger partial charge on any atom is 0.294 e. The van der Waals surface area contributed by atoms with Crippen LogP contribution in [0.2, 0.25) is 0 Å². The van der Waals surface area contributed by atoms with Crippen LogP contribution in [0.1, 0.15) is 34.6 Å². The highest BCUT2D eigenvalue weighted by Gasteiger charge is 2.54. The van der Waals surface area contributed by atoms with E-state index in [1.54, 1.807) is 6.92 Å². The summed E-state index contributed by atoms with van der Waals surface area (Å²) in [6, 6.07) is 5.30. The standard InChI is InChI=1S/C21H21F2N3O6S2/c1-13-3-6-19(34(29,30)31)14(2)20(13)15-8-21(32-9-15,17-5-4-16(22)7-18(17)23)33(27,28)12-26-11-24-10-25-26/h3-7,10-11,15H,8-9,12H2,1-2H3,(H,29,30,31)/t15-,21-/m1/s1. The molecule has 3 aromatic rings. The Bertz CT molecular complexity index is 1460. The number of halogens is 2. The molecule has 1 aliphatic rings. The van der Waals surface area contributed by atoms with E-state index in [1.807, 2.05) is 0 Å². The van der Waals surface area contributed by atoms with Gasteiger partial charge in [0.25, 0.3) is 10.1 Å². The molecule has 1 aromatic heterocycles. The van der Waals surface area contributed by atoms with Gasteiger partial charge in [0.2, 0.25) is 9.84 Å². The largest absolute Gasteiger partial charge is 0.354 e. The molecule has 0 saturated carbocycles. The first kappa shape index (κ1) is 24.4. The van der Waals surface area contributed by atoms with Crippen LogP contribution in [-0.2, 0) is 35.5 Å². The second-order valence-corrected chi connectivity index (χ2v) is 11.7. The summed E-state index contributed by atoms with van der Waals surface area (Å²) in [7, 11) is -8.87. The Morgan fingerprint density at radius 3 is 2.53 bits per heavy atom. The maximum atomic E-state index is 14.9. The van der Waals surface area contributed by atoms with Gasteiger partial charge in [0.05, 0.1) is 11.5 Å². The van der Waals surface area contributed by atoms with Gasteiger partial charge in [0.15, 0.2) is 4.93 Å². The zero-order valence-electron chi connectivity index (χ0n) is 18.1. The molecule has 2 aromatic carbocycles. The van der Waals surface area contributed by atoms with Crippen molar-refractivity contribution in [3.05, 3.63) is 76.9 Å². The minimum Gasteiger partial charge on any atom is -0.354 e. The monoisotopic (exact) mass is 513 g/mol. The van der Waals surface area contributed by atoms with Crippen molar-refractivity contribution in [3.63, 3.8) is 0 Å². The van der Waals surface area contributed by atoms with Crippen molar-refractivity contribution in [2.45, 2.75) is 41.9 Å². The number of aryl methyl sites for hydroxylation is 1. The number of rotatable bonds is 6. The molecule has 4 rings (SSSR count). The third kappa shape index (κ3) is 4.13. The summed E-state index contributed by atoms with van der Waals surface area (Å²) in [4.78, 5) is 1.20. The highest BCUT2D eigenvalue weighted by atomic mass is 32.2. The number of aromatic nitrogens is 3. The van der Waals surface area contributed by atoms with Crippen molar-refractivity contribution in [1.82, 2.24) is 14.8 Å². The first-order valence-corrected chi connectivity index (χ1v) is 13.2. The van der Waals surface area contributed by atoms with Crippen LogP contribution in [0, 0.1) is 25.5 Å². The molecule has 0 radical (unpaired) electrons. The fourth-order valence-electron chi connectivity index (χ4n) is 4.56. The molecule has 1 aliphatic heterocycles. The van der Waals surface area contributed by atoms with E-state index in [4.69, 9.17) is 4.74 Å². The van der Waals surface area contributed by atoms with Crippen LogP contribution < -0.4 is 0 Å². The topological polar surface area (TPSA) is 128 Å². The first-order chi connectivity index (χ1) is 15.9. The smallest absolute Gasteiger partial charge is 0.294 e. The van der Waals surface area contributed by atoms with Crippen LogP contribution in [0.4, 0.5) is 8.78 Å². The Labute approximate surface area is 195 Å². The van der Waals surface area contributed by atoms with Gasteiger partial charge in [-0.2, -0.15) is 13.5 Å². The van der Waals surface area contributed by atoms with Gasteiger partial charge in [-0.1, -0.05) is 6.07 Å². The van der Waals surface area contributed by atoms with Gasteiger partial charge < -0.3 is 4.74 Å². The van der Waals surface area contributed by atoms with Gasteiger partial charge in [-0.3, -0.25) is 4.55 Å². The lowest BCUT2D eigenvalue weighted by molar-refractivity contribution is 0.0661. The van der Waals surface area contributed by atoms with Crippen LogP contribution in [0.3, 0.4) is 0 Å². The van der Waals surface area contributed by atoms with Crippen LogP contribution >= 0.6 is 0 Å². The summed E-state index contributed by atoms with van der Waals surface area (Å²) in [6.45, 7) is 3.01. The van der Waals surface area contributed by atoms with Gasteiger partial charge in [-0.25, -0.2) is 26.9 Å². The Hall–Kier alpha value is -2.74. The van der Waals surface area contributed by atoms with Gasteiger partial charge >= 0.3 is 0 Å². The minimum absolute atomic E-state index is 0.190. The molecule has 9 nitrogen and oxygen atoms in total. The number of hydrogen-bond donors (Lipinski definition) is 1. The molecule has 1 N–H and O–H groups in total. The molecular formula is C21H21F2N3O6S2. The second-order valence-electron chi connectivity index (χ2n) is 8.16. The molecule has 13 heteroatoms. The van der Waals surface area contributed by atoms with Crippen LogP contribution in [0.5, 0.6) is 0 Å². The Morgan fingerprint density at radius 1 is 1.18 bits per heavy atom. The molecule has 0 spiro atoms. The Kier molecular flexibility index (Phi) is 6.09. The normalized spacial score (nSPS) is 21.1. The Morgan fingerprint density at radius 2 is 1.91 bits per heavy atom. The zero-order chi connectivity index (χ0) is 24.9. The lowest BCUT2D eigenvalue weighted by Gasteiger charge is -2.29. The van der Waals surface area contributed by atoms with E-state index in [9.17, 15) is 30.2 Å². The lowest BCUT2D eigenvalue weighted by Crippen LogP contribution is -2.38. The van der Waals surface area contributed by atoms with Gasteiger partial charge in [0.1, 0.15) is 30.2 Å². The Balaban J connectivity index is 1.87. The van der Waals surface area contributed by atoms with Gasteiger partial charge in [-0.15, -0.1) is 0 Å². The van der Waals surface area contributed by atoms with Crippen LogP contribution in [0.15, 0.2) is 47.9 Å². The average Bonchev–Trinajstić information content (AvgIpc) is 3.38. The average molecular weight is 514 g/mol. The molecule has 1 saturated heterocycles. The number of nitrogens with zero attached hydrogens (tertiary/aromatic N) is 3. The van der Waals surface area contributed by atoms with Crippen LogP contribution in [0.25, 0.3) is 0 Å². The van der Waals surface area contributed by atoms with Crippen molar-refractivity contribution in [2.24, 2.45) is 0 Å². The molecule has 0 amide bonds. The van der Waals surface area contributed by atoms with E-state index in [0.717, 1.165) is 23.1 Å². The van der Waals surface area contributed by atoms with Crippen molar-refractivity contribution >= 4 is 20.0 Å². The molecule has 1 fully saturated rings. The predicted molar refractivity (Wildman–Crippen MR) is 116 cm³/mol. The summed E-state index contributed by atoms with van der Waals surface area (Å²) in [5.41, 5.74) is 0.982. The molecule has 2 atom stereocenters. The predicted octanol–water partition coefficient (Wildman–Crippen LogP) is 2.85. The number of sulfone groups is 1. The molecule has 0 bridgehead atoms. The number of hydrogen-bond acceptors (Lipinski definition) is 7. The summed E-state index contributed by atoms with van der Waals surface area (Å²) in [5.74, 6) is -3.33. The molecule has 182 valence electrons. The first-order valence-electron chi connectivity index (χ1n) is 10.1. The maximum absolute atomic E-state index is 14.9. The summed E-state index contributed by atoms with van der Waals surface area (Å²) in [5, 5.41) is 3.80. The quantitative estimate of drug-likeness (QED) is 0.499. The fourth-order valence-corrected chi connectivity index (χ4v) is 7.19. The SMILES string of the molecule is Cc1ccc(S(=O)(=O)O)c(C)c1[C@H]1CO[C@@](c2ccc(F)cc2F)(S(=O)(=O)Cn2cncn2)C1. The van der Waals surface area contributed by atoms with E-state index in [1.165, 1.54) is 25.4 Å². The second kappa shape index (κ2) is 8.48. The number of ether oxygens (including phenoxy) is 1. The van der Waals surface area contributed by atoms with Crippen molar-refractivity contribution < 1.29 is 34.9 Å². The number of benzene rings is 2. The van der Waals surface area contributed by atoms with Gasteiger partial charge in [-0.05, 0) is 48.7 Å². The molecule has 0 aliphatic carbocycles. The van der Waals surface area contributed by atoms with E-state index in [-0.39, 0.29) is 29.1 Å². The third-order valence-electron chi connectivity index (χ3n) is 6.01.